The topological polar surface area (TPSA) is 77.8 Å². The highest BCUT2D eigenvalue weighted by Gasteiger charge is 2.37. The number of carbonyl (C=O) groups excluding carboxylic acids is 1. The lowest BCUT2D eigenvalue weighted by Crippen LogP contribution is -2.38. The monoisotopic (exact) mass is 362 g/mol. The van der Waals surface area contributed by atoms with Gasteiger partial charge in [-0.05, 0) is 47.2 Å². The van der Waals surface area contributed by atoms with Crippen LogP contribution in [0.5, 0.6) is 5.75 Å². The molecule has 0 atom stereocenters. The molecule has 0 bridgehead atoms. The molecular weight excluding hydrogens is 340 g/mol. The third-order valence-electron chi connectivity index (χ3n) is 5.64. The highest BCUT2D eigenvalue weighted by molar-refractivity contribution is 6.00. The van der Waals surface area contributed by atoms with E-state index in [0.717, 1.165) is 34.3 Å². The number of benzene rings is 2. The zero-order valence-electron chi connectivity index (χ0n) is 15.0. The molecule has 0 heterocycles. The van der Waals surface area contributed by atoms with Crippen molar-refractivity contribution < 1.29 is 20.1 Å². The van der Waals surface area contributed by atoms with E-state index in [2.05, 4.69) is 12.2 Å². The second-order valence-electron chi connectivity index (χ2n) is 7.52. The van der Waals surface area contributed by atoms with Crippen molar-refractivity contribution in [3.8, 4) is 5.75 Å². The predicted octanol–water partition coefficient (Wildman–Crippen LogP) is 3.36. The summed E-state index contributed by atoms with van der Waals surface area (Å²) >= 11 is 0. The van der Waals surface area contributed by atoms with Gasteiger partial charge in [-0.15, -0.1) is 0 Å². The molecule has 4 heteroatoms. The molecule has 2 aliphatic carbocycles. The van der Waals surface area contributed by atoms with Crippen LogP contribution in [-0.2, 0) is 6.42 Å². The number of rotatable bonds is 4. The van der Waals surface area contributed by atoms with Gasteiger partial charge < -0.3 is 15.3 Å². The molecule has 0 aromatic heterocycles. The predicted molar refractivity (Wildman–Crippen MR) is 104 cm³/mol. The van der Waals surface area contributed by atoms with Gasteiger partial charge in [0.1, 0.15) is 5.75 Å². The Morgan fingerprint density at radius 3 is 2.48 bits per heavy atom. The highest BCUT2D eigenvalue weighted by atomic mass is 16.3. The van der Waals surface area contributed by atoms with Crippen LogP contribution in [0.15, 0.2) is 54.6 Å². The smallest absolute Gasteiger partial charge is 0.163 e. The van der Waals surface area contributed by atoms with Crippen LogP contribution in [0.25, 0.3) is 11.1 Å². The summed E-state index contributed by atoms with van der Waals surface area (Å²) in [7, 11) is 0. The lowest BCUT2D eigenvalue weighted by molar-refractivity contribution is 0.0387. The number of carbonyl (C=O) groups is 1. The molecule has 0 amide bonds. The van der Waals surface area contributed by atoms with Crippen molar-refractivity contribution >= 4 is 16.9 Å². The fourth-order valence-corrected chi connectivity index (χ4v) is 4.00. The van der Waals surface area contributed by atoms with Gasteiger partial charge in [-0.25, -0.2) is 0 Å². The van der Waals surface area contributed by atoms with Gasteiger partial charge in [-0.2, -0.15) is 0 Å². The molecule has 0 saturated carbocycles. The van der Waals surface area contributed by atoms with Crippen LogP contribution in [0.1, 0.15) is 39.9 Å². The fraction of sp³-hybridized carbons (Fsp3) is 0.261. The van der Waals surface area contributed by atoms with E-state index in [0.29, 0.717) is 12.0 Å². The van der Waals surface area contributed by atoms with Gasteiger partial charge in [0.25, 0.3) is 0 Å². The lowest BCUT2D eigenvalue weighted by atomic mass is 9.71. The number of aliphatic hydroxyl groups excluding tert-OH is 2. The lowest BCUT2D eigenvalue weighted by Gasteiger charge is -2.34. The normalized spacial score (nSPS) is 18.1. The first-order valence-electron chi connectivity index (χ1n) is 9.12. The van der Waals surface area contributed by atoms with Crippen LogP contribution in [0.2, 0.25) is 0 Å². The van der Waals surface area contributed by atoms with E-state index in [1.807, 2.05) is 30.3 Å². The number of hydrogen-bond donors (Lipinski definition) is 3. The Morgan fingerprint density at radius 2 is 1.74 bits per heavy atom. The summed E-state index contributed by atoms with van der Waals surface area (Å²) in [5, 5.41) is 29.3. The molecular formula is C23H22O4. The number of allylic oxidation sites excluding steroid dienone is 4. The number of aromatic hydroxyl groups is 1. The Hall–Kier alpha value is -2.69. The Balaban J connectivity index is 1.65. The number of phenols is 1. The molecule has 0 fully saturated rings. The maximum Gasteiger partial charge on any atom is 0.163 e. The molecule has 138 valence electrons. The van der Waals surface area contributed by atoms with Crippen molar-refractivity contribution in [3.63, 3.8) is 0 Å². The fourth-order valence-electron chi connectivity index (χ4n) is 4.00. The number of para-hydroxylation sites is 1. The molecule has 27 heavy (non-hydrogen) atoms. The molecule has 0 radical (unpaired) electrons. The summed E-state index contributed by atoms with van der Waals surface area (Å²) in [5.41, 5.74) is 4.68. The zero-order valence-corrected chi connectivity index (χ0v) is 15.0. The first-order valence-corrected chi connectivity index (χ1v) is 9.12. The molecule has 0 spiro atoms. The van der Waals surface area contributed by atoms with E-state index in [1.165, 1.54) is 0 Å². The number of ketones is 1. The van der Waals surface area contributed by atoms with Gasteiger partial charge >= 0.3 is 0 Å². The van der Waals surface area contributed by atoms with Crippen LogP contribution >= 0.6 is 0 Å². The van der Waals surface area contributed by atoms with Crippen molar-refractivity contribution in [3.05, 3.63) is 76.9 Å². The van der Waals surface area contributed by atoms with Gasteiger partial charge in [0.15, 0.2) is 5.78 Å². The SMILES string of the molecule is O=C1CC(CO)(CO)Cc2ccc(C3=CC(c4ccccc4O)=CC3)cc21. The summed E-state index contributed by atoms with van der Waals surface area (Å²) in [4.78, 5) is 12.6. The van der Waals surface area contributed by atoms with Gasteiger partial charge in [0.05, 0.1) is 13.2 Å². The minimum atomic E-state index is -0.752. The Morgan fingerprint density at radius 1 is 0.963 bits per heavy atom. The van der Waals surface area contributed by atoms with Crippen molar-refractivity contribution in [2.24, 2.45) is 5.41 Å². The minimum Gasteiger partial charge on any atom is -0.507 e. The van der Waals surface area contributed by atoms with Crippen LogP contribution in [-0.4, -0.2) is 34.3 Å². The summed E-state index contributed by atoms with van der Waals surface area (Å²) in [6.45, 7) is -0.398. The van der Waals surface area contributed by atoms with Gasteiger partial charge in [-0.1, -0.05) is 42.5 Å². The van der Waals surface area contributed by atoms with E-state index in [1.54, 1.807) is 12.1 Å². The summed E-state index contributed by atoms with van der Waals surface area (Å²) in [5.74, 6) is 0.222. The number of fused-ring (bicyclic) bond motifs is 1. The third kappa shape index (κ3) is 3.11. The number of aliphatic hydroxyl groups is 2. The van der Waals surface area contributed by atoms with Gasteiger partial charge in [0, 0.05) is 23.0 Å². The van der Waals surface area contributed by atoms with E-state index in [-0.39, 0.29) is 31.2 Å². The second-order valence-corrected chi connectivity index (χ2v) is 7.52. The summed E-state index contributed by atoms with van der Waals surface area (Å²) < 4.78 is 0. The third-order valence-corrected chi connectivity index (χ3v) is 5.64. The van der Waals surface area contributed by atoms with E-state index in [9.17, 15) is 20.1 Å². The highest BCUT2D eigenvalue weighted by Crippen LogP contribution is 2.39. The molecule has 4 rings (SSSR count). The molecule has 0 unspecified atom stereocenters. The average molecular weight is 362 g/mol. The molecule has 4 nitrogen and oxygen atoms in total. The molecule has 2 aromatic rings. The molecule has 3 N–H and O–H groups in total. The van der Waals surface area contributed by atoms with Crippen molar-refractivity contribution in [2.45, 2.75) is 19.3 Å². The maximum atomic E-state index is 12.6. The standard InChI is InChI=1S/C23H22O4/c24-13-23(14-25)11-18-8-6-16(10-20(18)22(27)12-23)15-5-7-17(9-15)19-3-1-2-4-21(19)26/h1-4,6-10,24-26H,5,11-14H2. The van der Waals surface area contributed by atoms with E-state index < -0.39 is 5.41 Å². The van der Waals surface area contributed by atoms with E-state index in [4.69, 9.17) is 0 Å². The quantitative estimate of drug-likeness (QED) is 0.779. The van der Waals surface area contributed by atoms with Gasteiger partial charge in [0.2, 0.25) is 0 Å². The Kier molecular flexibility index (Phi) is 4.46. The van der Waals surface area contributed by atoms with Gasteiger partial charge in [-0.3, -0.25) is 4.79 Å². The van der Waals surface area contributed by atoms with Crippen LogP contribution in [0.3, 0.4) is 0 Å². The summed E-state index contributed by atoms with van der Waals surface area (Å²) in [6, 6.07) is 13.1. The molecule has 2 aromatic carbocycles. The summed E-state index contributed by atoms with van der Waals surface area (Å²) in [6.07, 6.45) is 5.54. The van der Waals surface area contributed by atoms with Crippen molar-refractivity contribution in [2.75, 3.05) is 13.2 Å². The molecule has 2 aliphatic rings. The molecule has 0 saturated heterocycles. The Labute approximate surface area is 158 Å². The maximum absolute atomic E-state index is 12.6. The molecule has 0 aliphatic heterocycles. The van der Waals surface area contributed by atoms with E-state index >= 15 is 0 Å². The van der Waals surface area contributed by atoms with Crippen molar-refractivity contribution in [1.29, 1.82) is 0 Å². The minimum absolute atomic E-state index is 0.0336. The van der Waals surface area contributed by atoms with Crippen LogP contribution in [0, 0.1) is 5.41 Å². The Bertz CT molecular complexity index is 964. The number of phenolic OH excluding ortho intramolecular Hbond substituents is 1. The van der Waals surface area contributed by atoms with Crippen LogP contribution < -0.4 is 0 Å². The van der Waals surface area contributed by atoms with Crippen LogP contribution in [0.4, 0.5) is 0 Å². The number of Topliss-reactive ketones (excluding diaryl/α,β-unsaturated/α-hetero) is 1. The second kappa shape index (κ2) is 6.80. The number of hydrogen-bond acceptors (Lipinski definition) is 4. The first kappa shape index (κ1) is 17.7. The first-order chi connectivity index (χ1) is 13.0. The van der Waals surface area contributed by atoms with Crippen molar-refractivity contribution in [1.82, 2.24) is 0 Å². The largest absolute Gasteiger partial charge is 0.507 e. The average Bonchev–Trinajstić information content (AvgIpc) is 3.18. The zero-order chi connectivity index (χ0) is 19.0.